The first-order chi connectivity index (χ1) is 12.3. The van der Waals surface area contributed by atoms with Gasteiger partial charge in [0.1, 0.15) is 11.0 Å². The van der Waals surface area contributed by atoms with Crippen LogP contribution in [0.4, 0.5) is 14.9 Å². The second-order valence-electron chi connectivity index (χ2n) is 5.42. The van der Waals surface area contributed by atoms with Gasteiger partial charge < -0.3 is 9.67 Å². The number of halogens is 3. The zero-order valence-electron chi connectivity index (χ0n) is 13.4. The molecule has 2 aromatic heterocycles. The Labute approximate surface area is 156 Å². The molecule has 1 amide bonds. The molecule has 0 aliphatic heterocycles. The van der Waals surface area contributed by atoms with Crippen molar-refractivity contribution in [2.75, 3.05) is 5.32 Å². The van der Waals surface area contributed by atoms with Crippen LogP contribution in [0.1, 0.15) is 6.92 Å². The summed E-state index contributed by atoms with van der Waals surface area (Å²) in [5.74, 6) is -0.841. The fourth-order valence-electron chi connectivity index (χ4n) is 2.72. The molecule has 0 aliphatic carbocycles. The molecule has 26 heavy (non-hydrogen) atoms. The van der Waals surface area contributed by atoms with Crippen LogP contribution in [0.25, 0.3) is 22.0 Å². The quantitative estimate of drug-likeness (QED) is 0.633. The predicted molar refractivity (Wildman–Crippen MR) is 98.7 cm³/mol. The van der Waals surface area contributed by atoms with Gasteiger partial charge in [0.25, 0.3) is 5.56 Å². The van der Waals surface area contributed by atoms with Crippen molar-refractivity contribution in [1.29, 1.82) is 0 Å². The molecule has 0 saturated carbocycles. The Morgan fingerprint density at radius 3 is 2.65 bits per heavy atom. The summed E-state index contributed by atoms with van der Waals surface area (Å²) in [6.07, 6.45) is 0.0844. The molecule has 0 unspecified atom stereocenters. The summed E-state index contributed by atoms with van der Waals surface area (Å²) >= 11 is 12.0. The monoisotopic (exact) mass is 395 g/mol. The third-order valence-electron chi connectivity index (χ3n) is 3.85. The van der Waals surface area contributed by atoms with Crippen LogP contribution < -0.4 is 10.9 Å². The minimum Gasteiger partial charge on any atom is -0.465 e. The third-order valence-corrected chi connectivity index (χ3v) is 4.37. The second-order valence-corrected chi connectivity index (χ2v) is 6.21. The van der Waals surface area contributed by atoms with E-state index >= 15 is 0 Å². The zero-order chi connectivity index (χ0) is 19.0. The number of rotatable bonds is 3. The van der Waals surface area contributed by atoms with Crippen molar-refractivity contribution in [3.05, 3.63) is 56.8 Å². The number of aromatic nitrogens is 2. The van der Waals surface area contributed by atoms with Gasteiger partial charge in [-0.15, -0.1) is 0 Å². The fraction of sp³-hybridized carbons (Fsp3) is 0.118. The second kappa shape index (κ2) is 6.93. The number of pyridine rings is 2. The zero-order valence-corrected chi connectivity index (χ0v) is 14.9. The van der Waals surface area contributed by atoms with E-state index in [0.717, 1.165) is 6.07 Å². The average molecular weight is 396 g/mol. The normalized spacial score (nSPS) is 10.9. The van der Waals surface area contributed by atoms with Crippen molar-refractivity contribution in [3.63, 3.8) is 0 Å². The van der Waals surface area contributed by atoms with Gasteiger partial charge in [0.2, 0.25) is 0 Å². The highest BCUT2D eigenvalue weighted by Crippen LogP contribution is 2.32. The summed E-state index contributed by atoms with van der Waals surface area (Å²) < 4.78 is 15.4. The number of amides is 1. The van der Waals surface area contributed by atoms with Crippen molar-refractivity contribution in [2.24, 2.45) is 0 Å². The fourth-order valence-corrected chi connectivity index (χ4v) is 3.13. The van der Waals surface area contributed by atoms with Crippen LogP contribution in [0.5, 0.6) is 0 Å². The Morgan fingerprint density at radius 2 is 2.00 bits per heavy atom. The first kappa shape index (κ1) is 18.2. The maximum atomic E-state index is 13.9. The van der Waals surface area contributed by atoms with Gasteiger partial charge in [-0.05, 0) is 31.2 Å². The van der Waals surface area contributed by atoms with Gasteiger partial charge >= 0.3 is 6.09 Å². The van der Waals surface area contributed by atoms with E-state index in [1.54, 1.807) is 19.1 Å². The molecule has 1 aromatic carbocycles. The Bertz CT molecular complexity index is 1100. The minimum atomic E-state index is -1.43. The van der Waals surface area contributed by atoms with Crippen molar-refractivity contribution >= 4 is 45.9 Å². The summed E-state index contributed by atoms with van der Waals surface area (Å²) in [7, 11) is 0. The Hall–Kier alpha value is -2.64. The minimum absolute atomic E-state index is 0.0144. The number of hydrogen-bond donors (Lipinski definition) is 2. The largest absolute Gasteiger partial charge is 0.465 e. The Morgan fingerprint density at radius 1 is 1.27 bits per heavy atom. The molecule has 134 valence electrons. The van der Waals surface area contributed by atoms with Gasteiger partial charge in [-0.2, -0.15) is 0 Å². The standard InChI is InChI=1S/C17H12Cl2FN3O3/c1-2-23-14-6-15(19)21-7-8(14)3-10(16(23)24)9-4-13(22-17(25)26)12(20)5-11(9)18/h3-7,22H,2H2,1H3,(H,25,26). The number of benzene rings is 1. The highest BCUT2D eigenvalue weighted by Gasteiger charge is 2.17. The number of carboxylic acid groups (broad SMARTS) is 1. The molecule has 3 aromatic rings. The van der Waals surface area contributed by atoms with Crippen LogP contribution in [-0.4, -0.2) is 20.8 Å². The van der Waals surface area contributed by atoms with E-state index < -0.39 is 11.9 Å². The van der Waals surface area contributed by atoms with E-state index in [0.29, 0.717) is 17.4 Å². The lowest BCUT2D eigenvalue weighted by molar-refractivity contribution is 0.209. The lowest BCUT2D eigenvalue weighted by Crippen LogP contribution is -2.21. The van der Waals surface area contributed by atoms with E-state index in [1.807, 2.05) is 5.32 Å². The third kappa shape index (κ3) is 3.23. The smallest absolute Gasteiger partial charge is 0.409 e. The molecule has 9 heteroatoms. The van der Waals surface area contributed by atoms with Crippen LogP contribution in [0.2, 0.25) is 10.2 Å². The van der Waals surface area contributed by atoms with E-state index in [2.05, 4.69) is 4.98 Å². The van der Waals surface area contributed by atoms with Crippen LogP contribution in [-0.2, 0) is 6.54 Å². The average Bonchev–Trinajstić information content (AvgIpc) is 2.57. The van der Waals surface area contributed by atoms with E-state index in [9.17, 15) is 14.0 Å². The number of carbonyl (C=O) groups is 1. The molecule has 0 bridgehead atoms. The summed E-state index contributed by atoms with van der Waals surface area (Å²) in [6.45, 7) is 2.16. The molecule has 0 saturated heterocycles. The molecular formula is C17H12Cl2FN3O3. The highest BCUT2D eigenvalue weighted by molar-refractivity contribution is 6.33. The SMILES string of the molecule is CCn1c(=O)c(-c2cc(NC(=O)O)c(F)cc2Cl)cc2cnc(Cl)cc21. The van der Waals surface area contributed by atoms with Crippen LogP contribution in [0, 0.1) is 5.82 Å². The van der Waals surface area contributed by atoms with Gasteiger partial charge in [0.05, 0.1) is 16.2 Å². The summed E-state index contributed by atoms with van der Waals surface area (Å²) in [6, 6.07) is 5.30. The van der Waals surface area contributed by atoms with Crippen LogP contribution in [0.15, 0.2) is 35.3 Å². The van der Waals surface area contributed by atoms with Gasteiger partial charge in [0.15, 0.2) is 0 Å². The number of anilines is 1. The van der Waals surface area contributed by atoms with Crippen molar-refractivity contribution in [3.8, 4) is 11.1 Å². The van der Waals surface area contributed by atoms with E-state index in [-0.39, 0.29) is 32.5 Å². The Kier molecular flexibility index (Phi) is 4.84. The van der Waals surface area contributed by atoms with E-state index in [1.165, 1.54) is 16.8 Å². The highest BCUT2D eigenvalue weighted by atomic mass is 35.5. The molecule has 2 N–H and O–H groups in total. The summed E-state index contributed by atoms with van der Waals surface area (Å²) in [4.78, 5) is 27.7. The Balaban J connectivity index is 2.32. The lowest BCUT2D eigenvalue weighted by Gasteiger charge is -2.13. The summed E-state index contributed by atoms with van der Waals surface area (Å²) in [5, 5.41) is 11.6. The topological polar surface area (TPSA) is 84.2 Å². The van der Waals surface area contributed by atoms with Crippen molar-refractivity contribution < 1.29 is 14.3 Å². The number of nitrogens with zero attached hydrogens (tertiary/aromatic N) is 2. The molecule has 0 aliphatic rings. The van der Waals surface area contributed by atoms with Crippen LogP contribution >= 0.6 is 23.2 Å². The van der Waals surface area contributed by atoms with Crippen molar-refractivity contribution in [1.82, 2.24) is 9.55 Å². The van der Waals surface area contributed by atoms with Crippen molar-refractivity contribution in [2.45, 2.75) is 13.5 Å². The predicted octanol–water partition coefficient (Wildman–Crippen LogP) is 4.62. The van der Waals surface area contributed by atoms with Gasteiger partial charge in [0, 0.05) is 29.3 Å². The molecule has 0 spiro atoms. The number of nitrogens with one attached hydrogen (secondary N) is 1. The first-order valence-corrected chi connectivity index (χ1v) is 8.26. The maximum Gasteiger partial charge on any atom is 0.409 e. The van der Waals surface area contributed by atoms with E-state index in [4.69, 9.17) is 28.3 Å². The molecular weight excluding hydrogens is 384 g/mol. The van der Waals surface area contributed by atoms with Gasteiger partial charge in [-0.25, -0.2) is 14.2 Å². The summed E-state index contributed by atoms with van der Waals surface area (Å²) in [5.41, 5.74) is 0.344. The molecule has 2 heterocycles. The number of aryl methyl sites for hydroxylation is 1. The molecule has 0 atom stereocenters. The molecule has 3 rings (SSSR count). The van der Waals surface area contributed by atoms with Crippen LogP contribution in [0.3, 0.4) is 0 Å². The van der Waals surface area contributed by atoms with Gasteiger partial charge in [-0.1, -0.05) is 23.2 Å². The molecule has 6 nitrogen and oxygen atoms in total. The lowest BCUT2D eigenvalue weighted by atomic mass is 10.0. The molecule has 0 radical (unpaired) electrons. The number of fused-ring (bicyclic) bond motifs is 1. The first-order valence-electron chi connectivity index (χ1n) is 7.50. The molecule has 0 fully saturated rings. The number of hydrogen-bond acceptors (Lipinski definition) is 3. The van der Waals surface area contributed by atoms with Gasteiger partial charge in [-0.3, -0.25) is 10.1 Å². The maximum absolute atomic E-state index is 13.9.